The van der Waals surface area contributed by atoms with Gasteiger partial charge in [0, 0.05) is 17.9 Å². The maximum absolute atomic E-state index is 11.7. The lowest BCUT2D eigenvalue weighted by molar-refractivity contribution is 0.0982. The fourth-order valence-electron chi connectivity index (χ4n) is 1.61. The van der Waals surface area contributed by atoms with Crippen LogP contribution in [0.25, 0.3) is 0 Å². The molecular formula is C14H19ClO. The highest BCUT2D eigenvalue weighted by molar-refractivity contribution is 6.18. The Bertz CT molecular complexity index is 316. The van der Waals surface area contributed by atoms with Crippen molar-refractivity contribution in [3.8, 4) is 0 Å². The van der Waals surface area contributed by atoms with Gasteiger partial charge in [0.05, 0.1) is 0 Å². The van der Waals surface area contributed by atoms with E-state index in [0.29, 0.717) is 12.3 Å². The quantitative estimate of drug-likeness (QED) is 0.513. The van der Waals surface area contributed by atoms with E-state index in [1.54, 1.807) is 0 Å². The number of alkyl halides is 1. The molecule has 1 rings (SSSR count). The van der Waals surface area contributed by atoms with E-state index < -0.39 is 0 Å². The first-order valence-electron chi connectivity index (χ1n) is 5.96. The summed E-state index contributed by atoms with van der Waals surface area (Å²) in [5.41, 5.74) is 2.13. The molecule has 1 nitrogen and oxygen atoms in total. The monoisotopic (exact) mass is 238 g/mol. The lowest BCUT2D eigenvalue weighted by atomic mass is 10.0. The standard InChI is InChI=1S/C14H19ClO/c1-2-3-5-12-7-9-13(10-8-12)14(16)6-4-11-15/h7-10H,2-6,11H2,1H3. The van der Waals surface area contributed by atoms with Crippen LogP contribution in [-0.4, -0.2) is 11.7 Å². The van der Waals surface area contributed by atoms with Gasteiger partial charge in [0.25, 0.3) is 0 Å². The van der Waals surface area contributed by atoms with Crippen molar-refractivity contribution in [2.24, 2.45) is 0 Å². The molecule has 1 aromatic carbocycles. The summed E-state index contributed by atoms with van der Waals surface area (Å²) in [5.74, 6) is 0.753. The number of carbonyl (C=O) groups excluding carboxylic acids is 1. The molecule has 0 fully saturated rings. The van der Waals surface area contributed by atoms with Crippen molar-refractivity contribution in [1.82, 2.24) is 0 Å². The van der Waals surface area contributed by atoms with Crippen molar-refractivity contribution in [2.45, 2.75) is 39.0 Å². The summed E-state index contributed by atoms with van der Waals surface area (Å²) in [5, 5.41) is 0. The first-order chi connectivity index (χ1) is 7.77. The van der Waals surface area contributed by atoms with E-state index in [1.165, 1.54) is 18.4 Å². The van der Waals surface area contributed by atoms with E-state index in [-0.39, 0.29) is 5.78 Å². The van der Waals surface area contributed by atoms with Gasteiger partial charge in [-0.3, -0.25) is 4.79 Å². The molecule has 0 unspecified atom stereocenters. The number of Topliss-reactive ketones (excluding diaryl/α,β-unsaturated/α-hetero) is 1. The minimum absolute atomic E-state index is 0.197. The van der Waals surface area contributed by atoms with Crippen molar-refractivity contribution in [2.75, 3.05) is 5.88 Å². The zero-order valence-electron chi connectivity index (χ0n) is 9.84. The third-order valence-electron chi connectivity index (χ3n) is 2.63. The number of hydrogen-bond donors (Lipinski definition) is 0. The van der Waals surface area contributed by atoms with Gasteiger partial charge in [-0.25, -0.2) is 0 Å². The van der Waals surface area contributed by atoms with Gasteiger partial charge < -0.3 is 0 Å². The van der Waals surface area contributed by atoms with Crippen LogP contribution in [0, 0.1) is 0 Å². The predicted molar refractivity (Wildman–Crippen MR) is 69.3 cm³/mol. The molecule has 0 heterocycles. The van der Waals surface area contributed by atoms with Gasteiger partial charge in [-0.2, -0.15) is 0 Å². The Labute approximate surface area is 103 Å². The molecule has 0 spiro atoms. The Morgan fingerprint density at radius 2 is 1.88 bits per heavy atom. The van der Waals surface area contributed by atoms with Crippen molar-refractivity contribution < 1.29 is 4.79 Å². The number of rotatable bonds is 7. The van der Waals surface area contributed by atoms with E-state index in [9.17, 15) is 4.79 Å². The van der Waals surface area contributed by atoms with Gasteiger partial charge in [0.1, 0.15) is 0 Å². The number of ketones is 1. The van der Waals surface area contributed by atoms with Crippen LogP contribution in [0.4, 0.5) is 0 Å². The maximum atomic E-state index is 11.7. The molecule has 0 saturated heterocycles. The lowest BCUT2D eigenvalue weighted by Gasteiger charge is -2.02. The van der Waals surface area contributed by atoms with Crippen LogP contribution in [-0.2, 0) is 6.42 Å². The van der Waals surface area contributed by atoms with Crippen LogP contribution in [0.2, 0.25) is 0 Å². The fourth-order valence-corrected chi connectivity index (χ4v) is 1.74. The molecule has 0 saturated carbocycles. The summed E-state index contributed by atoms with van der Waals surface area (Å²) in [6.45, 7) is 2.18. The Balaban J connectivity index is 2.53. The van der Waals surface area contributed by atoms with Gasteiger partial charge in [-0.15, -0.1) is 11.6 Å². The smallest absolute Gasteiger partial charge is 0.162 e. The van der Waals surface area contributed by atoms with Crippen molar-refractivity contribution in [3.63, 3.8) is 0 Å². The molecule has 1 aromatic rings. The second-order valence-corrected chi connectivity index (χ2v) is 4.39. The molecular weight excluding hydrogens is 220 g/mol. The number of benzene rings is 1. The Morgan fingerprint density at radius 1 is 1.19 bits per heavy atom. The molecule has 0 N–H and O–H groups in total. The van der Waals surface area contributed by atoms with Gasteiger partial charge in [0.15, 0.2) is 5.78 Å². The average molecular weight is 239 g/mol. The Kier molecular flexibility index (Phi) is 6.17. The molecule has 0 aromatic heterocycles. The summed E-state index contributed by atoms with van der Waals surface area (Å²) in [6.07, 6.45) is 4.83. The summed E-state index contributed by atoms with van der Waals surface area (Å²) in [6, 6.07) is 7.98. The van der Waals surface area contributed by atoms with Crippen molar-refractivity contribution in [3.05, 3.63) is 35.4 Å². The van der Waals surface area contributed by atoms with Gasteiger partial charge in [-0.1, -0.05) is 37.6 Å². The number of hydrogen-bond acceptors (Lipinski definition) is 1. The van der Waals surface area contributed by atoms with E-state index in [4.69, 9.17) is 11.6 Å². The van der Waals surface area contributed by atoms with E-state index in [2.05, 4.69) is 19.1 Å². The zero-order valence-corrected chi connectivity index (χ0v) is 10.6. The molecule has 0 bridgehead atoms. The molecule has 0 amide bonds. The van der Waals surface area contributed by atoms with Crippen LogP contribution in [0.5, 0.6) is 0 Å². The number of carbonyl (C=O) groups is 1. The van der Waals surface area contributed by atoms with Gasteiger partial charge in [0.2, 0.25) is 0 Å². The molecule has 88 valence electrons. The van der Waals surface area contributed by atoms with Crippen LogP contribution in [0.15, 0.2) is 24.3 Å². The molecule has 16 heavy (non-hydrogen) atoms. The summed E-state index contributed by atoms with van der Waals surface area (Å²) in [7, 11) is 0. The fraction of sp³-hybridized carbons (Fsp3) is 0.500. The SMILES string of the molecule is CCCCc1ccc(C(=O)CCCCl)cc1. The van der Waals surface area contributed by atoms with Crippen LogP contribution < -0.4 is 0 Å². The third kappa shape index (κ3) is 4.36. The Morgan fingerprint density at radius 3 is 2.44 bits per heavy atom. The highest BCUT2D eigenvalue weighted by atomic mass is 35.5. The van der Waals surface area contributed by atoms with E-state index in [0.717, 1.165) is 18.4 Å². The molecule has 0 atom stereocenters. The van der Waals surface area contributed by atoms with E-state index >= 15 is 0 Å². The summed E-state index contributed by atoms with van der Waals surface area (Å²) < 4.78 is 0. The minimum Gasteiger partial charge on any atom is -0.294 e. The van der Waals surface area contributed by atoms with Crippen molar-refractivity contribution >= 4 is 17.4 Å². The average Bonchev–Trinajstić information content (AvgIpc) is 2.34. The number of aryl methyl sites for hydroxylation is 1. The first kappa shape index (κ1) is 13.2. The number of halogens is 1. The maximum Gasteiger partial charge on any atom is 0.162 e. The van der Waals surface area contributed by atoms with Crippen LogP contribution >= 0.6 is 11.6 Å². The number of unbranched alkanes of at least 4 members (excludes halogenated alkanes) is 1. The summed E-state index contributed by atoms with van der Waals surface area (Å²) in [4.78, 5) is 11.7. The highest BCUT2D eigenvalue weighted by Crippen LogP contribution is 2.10. The largest absolute Gasteiger partial charge is 0.294 e. The lowest BCUT2D eigenvalue weighted by Crippen LogP contribution is -1.99. The van der Waals surface area contributed by atoms with Gasteiger partial charge in [-0.05, 0) is 24.8 Å². The van der Waals surface area contributed by atoms with E-state index in [1.807, 2.05) is 12.1 Å². The first-order valence-corrected chi connectivity index (χ1v) is 6.49. The predicted octanol–water partition coefficient (Wildman–Crippen LogP) is 4.23. The normalized spacial score (nSPS) is 10.4. The summed E-state index contributed by atoms with van der Waals surface area (Å²) >= 11 is 5.56. The second-order valence-electron chi connectivity index (χ2n) is 4.02. The Hall–Kier alpha value is -0.820. The zero-order chi connectivity index (χ0) is 11.8. The molecule has 2 heteroatoms. The molecule has 0 aliphatic carbocycles. The second kappa shape index (κ2) is 7.45. The third-order valence-corrected chi connectivity index (χ3v) is 2.90. The topological polar surface area (TPSA) is 17.1 Å². The van der Waals surface area contributed by atoms with Gasteiger partial charge >= 0.3 is 0 Å². The van der Waals surface area contributed by atoms with Crippen LogP contribution in [0.1, 0.15) is 48.5 Å². The molecule has 0 radical (unpaired) electrons. The highest BCUT2D eigenvalue weighted by Gasteiger charge is 2.04. The minimum atomic E-state index is 0.197. The van der Waals surface area contributed by atoms with Crippen molar-refractivity contribution in [1.29, 1.82) is 0 Å². The van der Waals surface area contributed by atoms with Crippen LogP contribution in [0.3, 0.4) is 0 Å². The molecule has 0 aliphatic heterocycles. The molecule has 0 aliphatic rings.